The summed E-state index contributed by atoms with van der Waals surface area (Å²) in [5, 5.41) is 0. The fraction of sp³-hybridized carbons (Fsp3) is 0.667. The van der Waals surface area contributed by atoms with Gasteiger partial charge in [0, 0.05) is 12.6 Å². The Bertz CT molecular complexity index is 92.5. The molecule has 2 N–H and O–H groups in total. The maximum Gasteiger partial charge on any atom is 0.0904 e. The van der Waals surface area contributed by atoms with E-state index in [1.807, 2.05) is 0 Å². The molecule has 1 aliphatic heterocycles. The molecule has 0 amide bonds. The van der Waals surface area contributed by atoms with E-state index in [4.69, 9.17) is 10.5 Å². The van der Waals surface area contributed by atoms with Crippen molar-refractivity contribution in [2.75, 3.05) is 6.61 Å². The van der Waals surface area contributed by atoms with E-state index >= 15 is 0 Å². The van der Waals surface area contributed by atoms with Gasteiger partial charge in [0.1, 0.15) is 0 Å². The molecule has 1 fully saturated rings. The van der Waals surface area contributed by atoms with Gasteiger partial charge in [0.25, 0.3) is 0 Å². The third kappa shape index (κ3) is 0.904. The summed E-state index contributed by atoms with van der Waals surface area (Å²) in [7, 11) is 0. The summed E-state index contributed by atoms with van der Waals surface area (Å²) in [5.74, 6) is 0. The van der Waals surface area contributed by atoms with Crippen LogP contribution in [0.15, 0.2) is 12.7 Å². The summed E-state index contributed by atoms with van der Waals surface area (Å²) in [6.45, 7) is 4.38. The highest BCUT2D eigenvalue weighted by molar-refractivity contribution is 4.91. The number of hydrogen-bond donors (Lipinski definition) is 1. The summed E-state index contributed by atoms with van der Waals surface area (Å²) < 4.78 is 5.17. The molecule has 0 aliphatic carbocycles. The van der Waals surface area contributed by atoms with Crippen molar-refractivity contribution in [1.82, 2.24) is 0 Å². The van der Waals surface area contributed by atoms with Crippen LogP contribution in [0.1, 0.15) is 6.42 Å². The van der Waals surface area contributed by atoms with Crippen molar-refractivity contribution in [3.8, 4) is 0 Å². The first-order valence-electron chi connectivity index (χ1n) is 2.84. The molecule has 0 bridgehead atoms. The van der Waals surface area contributed by atoms with E-state index in [1.54, 1.807) is 6.08 Å². The van der Waals surface area contributed by atoms with Crippen molar-refractivity contribution in [1.29, 1.82) is 0 Å². The van der Waals surface area contributed by atoms with Crippen LogP contribution < -0.4 is 5.73 Å². The quantitative estimate of drug-likeness (QED) is 0.496. The Kier molecular flexibility index (Phi) is 1.65. The van der Waals surface area contributed by atoms with Gasteiger partial charge in [0.05, 0.1) is 6.10 Å². The third-order valence-electron chi connectivity index (χ3n) is 1.42. The zero-order valence-corrected chi connectivity index (χ0v) is 4.84. The Labute approximate surface area is 49.3 Å². The highest BCUT2D eigenvalue weighted by Gasteiger charge is 2.20. The van der Waals surface area contributed by atoms with Gasteiger partial charge >= 0.3 is 0 Å². The maximum atomic E-state index is 5.59. The molecule has 1 saturated heterocycles. The molecule has 8 heavy (non-hydrogen) atoms. The molecule has 2 nitrogen and oxygen atoms in total. The van der Waals surface area contributed by atoms with Crippen LogP contribution in [-0.4, -0.2) is 18.8 Å². The highest BCUT2D eigenvalue weighted by Crippen LogP contribution is 2.10. The average molecular weight is 113 g/mol. The Morgan fingerprint density at radius 2 is 2.50 bits per heavy atom. The molecule has 0 spiro atoms. The van der Waals surface area contributed by atoms with Gasteiger partial charge in [0.2, 0.25) is 0 Å². The smallest absolute Gasteiger partial charge is 0.0904 e. The van der Waals surface area contributed by atoms with E-state index in [1.165, 1.54) is 0 Å². The second-order valence-electron chi connectivity index (χ2n) is 2.02. The molecule has 2 atom stereocenters. The molecule has 0 aromatic carbocycles. The maximum absolute atomic E-state index is 5.59. The molecule has 2 heteroatoms. The standard InChI is InChI=1S/C6H11NO/c1-2-6-5(7)3-4-8-6/h2,5-6H,1,3-4,7H2/t5-,6-/m0/s1. The molecule has 1 heterocycles. The lowest BCUT2D eigenvalue weighted by Crippen LogP contribution is -2.27. The molecular weight excluding hydrogens is 102 g/mol. The van der Waals surface area contributed by atoms with Crippen LogP contribution >= 0.6 is 0 Å². The van der Waals surface area contributed by atoms with Gasteiger partial charge in [-0.15, -0.1) is 6.58 Å². The van der Waals surface area contributed by atoms with E-state index in [0.717, 1.165) is 13.0 Å². The van der Waals surface area contributed by atoms with Crippen molar-refractivity contribution in [2.45, 2.75) is 18.6 Å². The van der Waals surface area contributed by atoms with Gasteiger partial charge < -0.3 is 10.5 Å². The van der Waals surface area contributed by atoms with Crippen LogP contribution in [0.4, 0.5) is 0 Å². The van der Waals surface area contributed by atoms with E-state index in [2.05, 4.69) is 6.58 Å². The van der Waals surface area contributed by atoms with E-state index in [9.17, 15) is 0 Å². The molecule has 0 aromatic rings. The van der Waals surface area contributed by atoms with Crippen LogP contribution in [-0.2, 0) is 4.74 Å². The van der Waals surface area contributed by atoms with Gasteiger partial charge in [0.15, 0.2) is 0 Å². The van der Waals surface area contributed by atoms with E-state index < -0.39 is 0 Å². The highest BCUT2D eigenvalue weighted by atomic mass is 16.5. The summed E-state index contributed by atoms with van der Waals surface area (Å²) in [6.07, 6.45) is 2.84. The predicted molar refractivity (Wildman–Crippen MR) is 32.5 cm³/mol. The molecule has 1 aliphatic rings. The van der Waals surface area contributed by atoms with Gasteiger partial charge in [-0.3, -0.25) is 0 Å². The van der Waals surface area contributed by atoms with Crippen LogP contribution in [0.3, 0.4) is 0 Å². The largest absolute Gasteiger partial charge is 0.372 e. The minimum atomic E-state index is 0.106. The Balaban J connectivity index is 2.41. The number of hydrogen-bond acceptors (Lipinski definition) is 2. The lowest BCUT2D eigenvalue weighted by molar-refractivity contribution is 0.140. The summed E-state index contributed by atoms with van der Waals surface area (Å²) >= 11 is 0. The van der Waals surface area contributed by atoms with Crippen molar-refractivity contribution >= 4 is 0 Å². The molecule has 1 rings (SSSR count). The van der Waals surface area contributed by atoms with Crippen molar-refractivity contribution in [3.63, 3.8) is 0 Å². The molecule has 0 radical (unpaired) electrons. The van der Waals surface area contributed by atoms with Crippen LogP contribution in [0, 0.1) is 0 Å². The number of rotatable bonds is 1. The summed E-state index contributed by atoms with van der Waals surface area (Å²) in [5.41, 5.74) is 5.59. The molecule has 0 saturated carbocycles. The van der Waals surface area contributed by atoms with Crippen LogP contribution in [0.5, 0.6) is 0 Å². The normalized spacial score (nSPS) is 37.6. The zero-order chi connectivity index (χ0) is 5.98. The molecule has 46 valence electrons. The fourth-order valence-electron chi connectivity index (χ4n) is 0.871. The SMILES string of the molecule is C=C[C@@H]1OCC[C@@H]1N. The average Bonchev–Trinajstić information content (AvgIpc) is 2.14. The minimum Gasteiger partial charge on any atom is -0.372 e. The Morgan fingerprint density at radius 3 is 2.75 bits per heavy atom. The second-order valence-corrected chi connectivity index (χ2v) is 2.02. The lowest BCUT2D eigenvalue weighted by atomic mass is 10.1. The minimum absolute atomic E-state index is 0.106. The van der Waals surface area contributed by atoms with Crippen molar-refractivity contribution in [2.24, 2.45) is 5.73 Å². The molecule has 0 aromatic heterocycles. The lowest BCUT2D eigenvalue weighted by Gasteiger charge is -2.06. The number of ether oxygens (including phenoxy) is 1. The van der Waals surface area contributed by atoms with Crippen LogP contribution in [0.25, 0.3) is 0 Å². The first-order valence-corrected chi connectivity index (χ1v) is 2.84. The van der Waals surface area contributed by atoms with Crippen LogP contribution in [0.2, 0.25) is 0 Å². The predicted octanol–water partition coefficient (Wildman–Crippen LogP) is 0.289. The fourth-order valence-corrected chi connectivity index (χ4v) is 0.871. The van der Waals surface area contributed by atoms with Crippen molar-refractivity contribution in [3.05, 3.63) is 12.7 Å². The van der Waals surface area contributed by atoms with Gasteiger partial charge in [-0.2, -0.15) is 0 Å². The zero-order valence-electron chi connectivity index (χ0n) is 4.84. The second kappa shape index (κ2) is 2.29. The third-order valence-corrected chi connectivity index (χ3v) is 1.42. The Hall–Kier alpha value is -0.340. The van der Waals surface area contributed by atoms with Gasteiger partial charge in [-0.1, -0.05) is 6.08 Å². The molecule has 0 unspecified atom stereocenters. The summed E-state index contributed by atoms with van der Waals surface area (Å²) in [4.78, 5) is 0. The first-order chi connectivity index (χ1) is 3.84. The topological polar surface area (TPSA) is 35.2 Å². The monoisotopic (exact) mass is 113 g/mol. The molecular formula is C6H11NO. The van der Waals surface area contributed by atoms with Crippen molar-refractivity contribution < 1.29 is 4.74 Å². The van der Waals surface area contributed by atoms with Gasteiger partial charge in [-0.25, -0.2) is 0 Å². The van der Waals surface area contributed by atoms with Gasteiger partial charge in [-0.05, 0) is 6.42 Å². The van der Waals surface area contributed by atoms with E-state index in [-0.39, 0.29) is 12.1 Å². The summed E-state index contributed by atoms with van der Waals surface area (Å²) in [6, 6.07) is 0.187. The number of nitrogens with two attached hydrogens (primary N) is 1. The first kappa shape index (κ1) is 5.79. The Morgan fingerprint density at radius 1 is 1.75 bits per heavy atom. The van der Waals surface area contributed by atoms with E-state index in [0.29, 0.717) is 0 Å².